The fraction of sp³-hybridized carbons (Fsp3) is 0.455. The standard InChI is InChI=1S/C11H14BrN/c12-11-3-1-2-8(5-11)4-9-6-10(9)7-13/h1-3,5,9-10H,4,6-7,13H2. The lowest BCUT2D eigenvalue weighted by atomic mass is 10.1. The summed E-state index contributed by atoms with van der Waals surface area (Å²) in [6.07, 6.45) is 2.52. The van der Waals surface area contributed by atoms with E-state index in [2.05, 4.69) is 40.2 Å². The topological polar surface area (TPSA) is 26.0 Å². The van der Waals surface area contributed by atoms with Gasteiger partial charge in [0.15, 0.2) is 0 Å². The number of hydrogen-bond acceptors (Lipinski definition) is 1. The summed E-state index contributed by atoms with van der Waals surface area (Å²) in [6.45, 7) is 0.860. The average molecular weight is 240 g/mol. The van der Waals surface area contributed by atoms with E-state index in [1.54, 1.807) is 0 Å². The third-order valence-electron chi connectivity index (χ3n) is 2.76. The van der Waals surface area contributed by atoms with E-state index in [9.17, 15) is 0 Å². The zero-order chi connectivity index (χ0) is 9.26. The van der Waals surface area contributed by atoms with Gasteiger partial charge in [0.25, 0.3) is 0 Å². The van der Waals surface area contributed by atoms with Gasteiger partial charge in [0.1, 0.15) is 0 Å². The molecule has 0 heterocycles. The molecule has 1 saturated carbocycles. The first-order chi connectivity index (χ1) is 6.29. The first kappa shape index (κ1) is 9.22. The van der Waals surface area contributed by atoms with Gasteiger partial charge in [-0.2, -0.15) is 0 Å². The number of nitrogens with two attached hydrogens (primary N) is 1. The summed E-state index contributed by atoms with van der Waals surface area (Å²) in [5, 5.41) is 0. The van der Waals surface area contributed by atoms with E-state index in [4.69, 9.17) is 5.73 Å². The molecule has 0 aromatic heterocycles. The Morgan fingerprint density at radius 3 is 2.85 bits per heavy atom. The van der Waals surface area contributed by atoms with Gasteiger partial charge < -0.3 is 5.73 Å². The van der Waals surface area contributed by atoms with E-state index < -0.39 is 0 Å². The fourth-order valence-corrected chi connectivity index (χ4v) is 2.26. The van der Waals surface area contributed by atoms with Crippen molar-refractivity contribution in [2.75, 3.05) is 6.54 Å². The van der Waals surface area contributed by atoms with E-state index in [0.717, 1.165) is 18.4 Å². The minimum atomic E-state index is 0.791. The summed E-state index contributed by atoms with van der Waals surface area (Å²) in [5.74, 6) is 1.64. The third-order valence-corrected chi connectivity index (χ3v) is 3.25. The monoisotopic (exact) mass is 239 g/mol. The second-order valence-electron chi connectivity index (χ2n) is 3.83. The number of halogens is 1. The minimum Gasteiger partial charge on any atom is -0.330 e. The van der Waals surface area contributed by atoms with Crippen LogP contribution in [0.25, 0.3) is 0 Å². The molecule has 1 aliphatic carbocycles. The predicted molar refractivity (Wildman–Crippen MR) is 58.5 cm³/mol. The normalized spacial score (nSPS) is 26.0. The highest BCUT2D eigenvalue weighted by Crippen LogP contribution is 2.40. The van der Waals surface area contributed by atoms with E-state index in [1.807, 2.05) is 0 Å². The lowest BCUT2D eigenvalue weighted by Crippen LogP contribution is -2.03. The largest absolute Gasteiger partial charge is 0.330 e. The molecule has 1 fully saturated rings. The summed E-state index contributed by atoms with van der Waals surface area (Å²) < 4.78 is 1.18. The van der Waals surface area contributed by atoms with Gasteiger partial charge in [0, 0.05) is 4.47 Å². The SMILES string of the molecule is NCC1CC1Cc1cccc(Br)c1. The van der Waals surface area contributed by atoms with Crippen molar-refractivity contribution in [3.8, 4) is 0 Å². The second-order valence-corrected chi connectivity index (χ2v) is 4.74. The van der Waals surface area contributed by atoms with E-state index in [1.165, 1.54) is 22.9 Å². The van der Waals surface area contributed by atoms with Gasteiger partial charge in [-0.15, -0.1) is 0 Å². The smallest absolute Gasteiger partial charge is 0.0177 e. The molecule has 2 N–H and O–H groups in total. The van der Waals surface area contributed by atoms with Crippen molar-refractivity contribution >= 4 is 15.9 Å². The lowest BCUT2D eigenvalue weighted by molar-refractivity contribution is 0.704. The van der Waals surface area contributed by atoms with Crippen molar-refractivity contribution < 1.29 is 0 Å². The molecule has 2 unspecified atom stereocenters. The van der Waals surface area contributed by atoms with Gasteiger partial charge >= 0.3 is 0 Å². The van der Waals surface area contributed by atoms with Crippen LogP contribution in [0.4, 0.5) is 0 Å². The van der Waals surface area contributed by atoms with Crippen molar-refractivity contribution in [3.05, 3.63) is 34.3 Å². The molecule has 1 nitrogen and oxygen atoms in total. The predicted octanol–water partition coefficient (Wildman–Crippen LogP) is 2.59. The van der Waals surface area contributed by atoms with Crippen LogP contribution in [-0.4, -0.2) is 6.54 Å². The van der Waals surface area contributed by atoms with Crippen LogP contribution in [0.1, 0.15) is 12.0 Å². The zero-order valence-corrected chi connectivity index (χ0v) is 9.13. The molecule has 1 aromatic carbocycles. The summed E-state index contributed by atoms with van der Waals surface area (Å²) >= 11 is 3.48. The van der Waals surface area contributed by atoms with Crippen LogP contribution < -0.4 is 5.73 Å². The van der Waals surface area contributed by atoms with Crippen LogP contribution in [0, 0.1) is 11.8 Å². The van der Waals surface area contributed by atoms with E-state index in [0.29, 0.717) is 0 Å². The van der Waals surface area contributed by atoms with Gasteiger partial charge in [-0.25, -0.2) is 0 Å². The zero-order valence-electron chi connectivity index (χ0n) is 7.54. The third kappa shape index (κ3) is 2.32. The van der Waals surface area contributed by atoms with Crippen molar-refractivity contribution in [1.82, 2.24) is 0 Å². The summed E-state index contributed by atoms with van der Waals surface area (Å²) in [5.41, 5.74) is 7.02. The maximum absolute atomic E-state index is 5.60. The molecule has 1 aromatic rings. The quantitative estimate of drug-likeness (QED) is 0.863. The Hall–Kier alpha value is -0.340. The highest BCUT2D eigenvalue weighted by Gasteiger charge is 2.35. The molecular formula is C11H14BrN. The molecular weight excluding hydrogens is 226 g/mol. The second kappa shape index (κ2) is 3.81. The Bertz CT molecular complexity index is 298. The molecule has 70 valence electrons. The molecule has 0 spiro atoms. The maximum atomic E-state index is 5.60. The summed E-state index contributed by atoms with van der Waals surface area (Å²) in [7, 11) is 0. The molecule has 13 heavy (non-hydrogen) atoms. The van der Waals surface area contributed by atoms with Crippen molar-refractivity contribution in [3.63, 3.8) is 0 Å². The molecule has 0 radical (unpaired) electrons. The van der Waals surface area contributed by atoms with Gasteiger partial charge in [0.2, 0.25) is 0 Å². The van der Waals surface area contributed by atoms with Crippen LogP contribution in [0.15, 0.2) is 28.7 Å². The molecule has 2 atom stereocenters. The first-order valence-electron chi connectivity index (χ1n) is 4.74. The maximum Gasteiger partial charge on any atom is 0.0177 e. The minimum absolute atomic E-state index is 0.791. The molecule has 0 saturated heterocycles. The molecule has 0 aliphatic heterocycles. The first-order valence-corrected chi connectivity index (χ1v) is 5.53. The van der Waals surface area contributed by atoms with Gasteiger partial charge in [0.05, 0.1) is 0 Å². The van der Waals surface area contributed by atoms with Crippen LogP contribution in [0.3, 0.4) is 0 Å². The van der Waals surface area contributed by atoms with Crippen LogP contribution >= 0.6 is 15.9 Å². The van der Waals surface area contributed by atoms with Crippen LogP contribution in [0.5, 0.6) is 0 Å². The number of benzene rings is 1. The number of rotatable bonds is 3. The lowest BCUT2D eigenvalue weighted by Gasteiger charge is -2.00. The highest BCUT2D eigenvalue weighted by molar-refractivity contribution is 9.10. The summed E-state index contributed by atoms with van der Waals surface area (Å²) in [4.78, 5) is 0. The van der Waals surface area contributed by atoms with Crippen LogP contribution in [-0.2, 0) is 6.42 Å². The Kier molecular flexibility index (Phi) is 2.70. The number of hydrogen-bond donors (Lipinski definition) is 1. The Balaban J connectivity index is 1.95. The fourth-order valence-electron chi connectivity index (χ4n) is 1.82. The van der Waals surface area contributed by atoms with Crippen LogP contribution in [0.2, 0.25) is 0 Å². The Morgan fingerprint density at radius 1 is 1.38 bits per heavy atom. The highest BCUT2D eigenvalue weighted by atomic mass is 79.9. The molecule has 2 heteroatoms. The van der Waals surface area contributed by atoms with E-state index >= 15 is 0 Å². The molecule has 0 bridgehead atoms. The Morgan fingerprint density at radius 2 is 2.23 bits per heavy atom. The van der Waals surface area contributed by atoms with E-state index in [-0.39, 0.29) is 0 Å². The van der Waals surface area contributed by atoms with Gasteiger partial charge in [-0.1, -0.05) is 28.1 Å². The molecule has 2 rings (SSSR count). The van der Waals surface area contributed by atoms with Crippen molar-refractivity contribution in [2.24, 2.45) is 17.6 Å². The van der Waals surface area contributed by atoms with Gasteiger partial charge in [-0.3, -0.25) is 0 Å². The van der Waals surface area contributed by atoms with Crippen molar-refractivity contribution in [2.45, 2.75) is 12.8 Å². The molecule has 0 amide bonds. The molecule has 1 aliphatic rings. The summed E-state index contributed by atoms with van der Waals surface area (Å²) in [6, 6.07) is 8.55. The van der Waals surface area contributed by atoms with Gasteiger partial charge in [-0.05, 0) is 48.9 Å². The Labute approximate surface area is 87.5 Å². The average Bonchev–Trinajstić information content (AvgIpc) is 2.83. The van der Waals surface area contributed by atoms with Crippen molar-refractivity contribution in [1.29, 1.82) is 0 Å².